The highest BCUT2D eigenvalue weighted by atomic mass is 127. The van der Waals surface area contributed by atoms with E-state index < -0.39 is 0 Å². The van der Waals surface area contributed by atoms with Gasteiger partial charge < -0.3 is 10.5 Å². The van der Waals surface area contributed by atoms with Crippen molar-refractivity contribution in [3.8, 4) is 11.5 Å². The van der Waals surface area contributed by atoms with Gasteiger partial charge in [-0.15, -0.1) is 0 Å². The Kier molecular flexibility index (Phi) is 3.56. The van der Waals surface area contributed by atoms with Crippen LogP contribution in [0.2, 0.25) is 5.02 Å². The van der Waals surface area contributed by atoms with Crippen LogP contribution in [0.25, 0.3) is 0 Å². The third kappa shape index (κ3) is 2.59. The molecule has 2 N–H and O–H groups in total. The second kappa shape index (κ2) is 4.93. The molecule has 4 heteroatoms. The number of para-hydroxylation sites is 1. The maximum Gasteiger partial charge on any atom is 0.146 e. The van der Waals surface area contributed by atoms with Crippen LogP contribution in [0.1, 0.15) is 0 Å². The van der Waals surface area contributed by atoms with Gasteiger partial charge in [0, 0.05) is 5.69 Å². The standard InChI is InChI=1S/C12H9ClINO/c13-9-7-8(15)5-6-11(9)16-12-4-2-1-3-10(12)14/h1-7H,15H2. The summed E-state index contributed by atoms with van der Waals surface area (Å²) in [5.74, 6) is 1.40. The summed E-state index contributed by atoms with van der Waals surface area (Å²) < 4.78 is 6.74. The average molecular weight is 346 g/mol. The Hall–Kier alpha value is -0.940. The highest BCUT2D eigenvalue weighted by Crippen LogP contribution is 2.32. The number of ether oxygens (including phenoxy) is 1. The maximum atomic E-state index is 6.02. The van der Waals surface area contributed by atoms with Gasteiger partial charge in [0.05, 0.1) is 8.59 Å². The highest BCUT2D eigenvalue weighted by molar-refractivity contribution is 14.1. The molecule has 0 saturated heterocycles. The SMILES string of the molecule is Nc1ccc(Oc2ccccc2I)c(Cl)c1. The fourth-order valence-electron chi connectivity index (χ4n) is 1.25. The van der Waals surface area contributed by atoms with Gasteiger partial charge in [0.25, 0.3) is 0 Å². The van der Waals surface area contributed by atoms with E-state index in [1.165, 1.54) is 0 Å². The van der Waals surface area contributed by atoms with E-state index in [0.29, 0.717) is 16.5 Å². The predicted octanol–water partition coefficient (Wildman–Crippen LogP) is 4.32. The van der Waals surface area contributed by atoms with Crippen LogP contribution in [-0.2, 0) is 0 Å². The molecule has 0 unspecified atom stereocenters. The van der Waals surface area contributed by atoms with Crippen LogP contribution in [0, 0.1) is 3.57 Å². The first-order valence-electron chi connectivity index (χ1n) is 4.64. The number of hydrogen-bond acceptors (Lipinski definition) is 2. The summed E-state index contributed by atoms with van der Waals surface area (Å²) >= 11 is 8.24. The first-order valence-corrected chi connectivity index (χ1v) is 6.10. The van der Waals surface area contributed by atoms with Gasteiger partial charge in [-0.3, -0.25) is 0 Å². The molecule has 82 valence electrons. The van der Waals surface area contributed by atoms with E-state index in [1.54, 1.807) is 18.2 Å². The van der Waals surface area contributed by atoms with E-state index in [4.69, 9.17) is 22.1 Å². The Balaban J connectivity index is 2.31. The summed E-state index contributed by atoms with van der Waals surface area (Å²) in [5, 5.41) is 0.514. The van der Waals surface area contributed by atoms with Crippen molar-refractivity contribution in [1.29, 1.82) is 0 Å². The largest absolute Gasteiger partial charge is 0.455 e. The Labute approximate surface area is 113 Å². The summed E-state index contributed by atoms with van der Waals surface area (Å²) in [6.45, 7) is 0. The molecule has 0 aromatic heterocycles. The number of hydrogen-bond donors (Lipinski definition) is 1. The molecule has 2 nitrogen and oxygen atoms in total. The lowest BCUT2D eigenvalue weighted by Crippen LogP contribution is -1.89. The third-order valence-corrected chi connectivity index (χ3v) is 3.20. The molecule has 0 heterocycles. The van der Waals surface area contributed by atoms with Crippen LogP contribution in [0.5, 0.6) is 11.5 Å². The Morgan fingerprint density at radius 2 is 1.81 bits per heavy atom. The molecule has 0 saturated carbocycles. The van der Waals surface area contributed by atoms with Crippen molar-refractivity contribution >= 4 is 39.9 Å². The lowest BCUT2D eigenvalue weighted by molar-refractivity contribution is 0.479. The van der Waals surface area contributed by atoms with Crippen molar-refractivity contribution in [2.75, 3.05) is 5.73 Å². The fraction of sp³-hybridized carbons (Fsp3) is 0. The molecule has 0 amide bonds. The highest BCUT2D eigenvalue weighted by Gasteiger charge is 2.05. The molecular formula is C12H9ClINO. The van der Waals surface area contributed by atoms with Crippen molar-refractivity contribution in [3.05, 3.63) is 51.1 Å². The Bertz CT molecular complexity index is 516. The van der Waals surface area contributed by atoms with Gasteiger partial charge in [-0.05, 0) is 52.9 Å². The summed E-state index contributed by atoms with van der Waals surface area (Å²) in [7, 11) is 0. The quantitative estimate of drug-likeness (QED) is 0.650. The molecule has 16 heavy (non-hydrogen) atoms. The number of nitrogens with two attached hydrogens (primary N) is 1. The molecule has 2 aromatic rings. The average Bonchev–Trinajstić information content (AvgIpc) is 2.25. The number of anilines is 1. The number of benzene rings is 2. The van der Waals surface area contributed by atoms with Crippen molar-refractivity contribution < 1.29 is 4.74 Å². The van der Waals surface area contributed by atoms with E-state index in [0.717, 1.165) is 9.32 Å². The number of nitrogen functional groups attached to an aromatic ring is 1. The molecule has 0 aliphatic carbocycles. The number of halogens is 2. The van der Waals surface area contributed by atoms with Gasteiger partial charge in [-0.2, -0.15) is 0 Å². The Morgan fingerprint density at radius 3 is 2.50 bits per heavy atom. The second-order valence-corrected chi connectivity index (χ2v) is 4.79. The monoisotopic (exact) mass is 345 g/mol. The molecule has 2 aromatic carbocycles. The lowest BCUT2D eigenvalue weighted by Gasteiger charge is -2.09. The minimum Gasteiger partial charge on any atom is -0.455 e. The summed E-state index contributed by atoms with van der Waals surface area (Å²) in [6, 6.07) is 12.9. The first-order chi connectivity index (χ1) is 7.66. The minimum atomic E-state index is 0.514. The van der Waals surface area contributed by atoms with Crippen LogP contribution in [-0.4, -0.2) is 0 Å². The van der Waals surface area contributed by atoms with Gasteiger partial charge in [0.15, 0.2) is 0 Å². The second-order valence-electron chi connectivity index (χ2n) is 3.22. The van der Waals surface area contributed by atoms with Gasteiger partial charge in [-0.25, -0.2) is 0 Å². The van der Waals surface area contributed by atoms with Crippen LogP contribution in [0.4, 0.5) is 5.69 Å². The molecule has 0 fully saturated rings. The van der Waals surface area contributed by atoms with Crippen LogP contribution in [0.3, 0.4) is 0 Å². The van der Waals surface area contributed by atoms with E-state index in [9.17, 15) is 0 Å². The molecule has 0 aliphatic heterocycles. The number of rotatable bonds is 2. The smallest absolute Gasteiger partial charge is 0.146 e. The van der Waals surface area contributed by atoms with Crippen molar-refractivity contribution in [3.63, 3.8) is 0 Å². The minimum absolute atomic E-state index is 0.514. The third-order valence-electron chi connectivity index (χ3n) is 2.01. The zero-order valence-corrected chi connectivity index (χ0v) is 11.2. The topological polar surface area (TPSA) is 35.2 Å². The summed E-state index contributed by atoms with van der Waals surface area (Å²) in [4.78, 5) is 0. The van der Waals surface area contributed by atoms with E-state index in [-0.39, 0.29) is 0 Å². The molecule has 0 atom stereocenters. The van der Waals surface area contributed by atoms with Crippen molar-refractivity contribution in [1.82, 2.24) is 0 Å². The summed E-state index contributed by atoms with van der Waals surface area (Å²) in [5.41, 5.74) is 6.23. The van der Waals surface area contributed by atoms with Gasteiger partial charge in [0.2, 0.25) is 0 Å². The molecular weight excluding hydrogens is 336 g/mol. The van der Waals surface area contributed by atoms with Crippen molar-refractivity contribution in [2.24, 2.45) is 0 Å². The normalized spacial score (nSPS) is 10.1. The van der Waals surface area contributed by atoms with Crippen LogP contribution < -0.4 is 10.5 Å². The van der Waals surface area contributed by atoms with Gasteiger partial charge in [0.1, 0.15) is 11.5 Å². The lowest BCUT2D eigenvalue weighted by atomic mass is 10.3. The van der Waals surface area contributed by atoms with Crippen LogP contribution >= 0.6 is 34.2 Å². The van der Waals surface area contributed by atoms with Gasteiger partial charge in [-0.1, -0.05) is 23.7 Å². The van der Waals surface area contributed by atoms with Crippen LogP contribution in [0.15, 0.2) is 42.5 Å². The van der Waals surface area contributed by atoms with Gasteiger partial charge >= 0.3 is 0 Å². The zero-order chi connectivity index (χ0) is 11.5. The summed E-state index contributed by atoms with van der Waals surface area (Å²) in [6.07, 6.45) is 0. The molecule has 0 aliphatic rings. The fourth-order valence-corrected chi connectivity index (χ4v) is 1.97. The molecule has 0 radical (unpaired) electrons. The molecule has 2 rings (SSSR count). The Morgan fingerprint density at radius 1 is 1.06 bits per heavy atom. The molecule has 0 bridgehead atoms. The molecule has 0 spiro atoms. The van der Waals surface area contributed by atoms with E-state index >= 15 is 0 Å². The van der Waals surface area contributed by atoms with E-state index in [1.807, 2.05) is 24.3 Å². The maximum absolute atomic E-state index is 6.02. The van der Waals surface area contributed by atoms with Crippen molar-refractivity contribution in [2.45, 2.75) is 0 Å². The zero-order valence-electron chi connectivity index (χ0n) is 8.28. The first kappa shape index (κ1) is 11.5. The predicted molar refractivity (Wildman–Crippen MR) is 75.1 cm³/mol. The van der Waals surface area contributed by atoms with E-state index in [2.05, 4.69) is 22.6 Å².